The summed E-state index contributed by atoms with van der Waals surface area (Å²) < 4.78 is 16.6. The second-order valence-corrected chi connectivity index (χ2v) is 8.74. The first-order valence-corrected chi connectivity index (χ1v) is 11.8. The molecule has 0 aromatic heterocycles. The number of hydrogen-bond acceptors (Lipinski definition) is 5. The van der Waals surface area contributed by atoms with E-state index in [1.54, 1.807) is 7.11 Å². The van der Waals surface area contributed by atoms with Crippen molar-refractivity contribution in [1.29, 1.82) is 0 Å². The second kappa shape index (κ2) is 11.2. The Hall–Kier alpha value is -1.83. The number of nitrogens with zero attached hydrogens (tertiary/aromatic N) is 3. The van der Waals surface area contributed by atoms with Crippen LogP contribution in [0.2, 0.25) is 0 Å². The van der Waals surface area contributed by atoms with E-state index in [2.05, 4.69) is 46.3 Å². The summed E-state index contributed by atoms with van der Waals surface area (Å²) in [5, 5.41) is 3.55. The third-order valence-corrected chi connectivity index (χ3v) is 6.86. The molecule has 0 aliphatic carbocycles. The molecule has 0 saturated carbocycles. The van der Waals surface area contributed by atoms with E-state index < -0.39 is 0 Å². The average Bonchev–Trinajstić information content (AvgIpc) is 3.52. The van der Waals surface area contributed by atoms with Gasteiger partial charge in [0.1, 0.15) is 5.75 Å². The van der Waals surface area contributed by atoms with Gasteiger partial charge in [0, 0.05) is 57.2 Å². The lowest BCUT2D eigenvalue weighted by Gasteiger charge is -2.37. The predicted octanol–water partition coefficient (Wildman–Crippen LogP) is 2.19. The summed E-state index contributed by atoms with van der Waals surface area (Å²) in [4.78, 5) is 10.1. The topological polar surface area (TPSA) is 58.6 Å². The van der Waals surface area contributed by atoms with Gasteiger partial charge in [0.05, 0.1) is 33.5 Å². The molecule has 0 radical (unpaired) electrons. The zero-order valence-corrected chi connectivity index (χ0v) is 19.1. The summed E-state index contributed by atoms with van der Waals surface area (Å²) in [6.45, 7) is 11.3. The molecule has 0 bridgehead atoms. The molecule has 31 heavy (non-hydrogen) atoms. The van der Waals surface area contributed by atoms with Gasteiger partial charge in [0.25, 0.3) is 0 Å². The van der Waals surface area contributed by atoms with Gasteiger partial charge in [-0.3, -0.25) is 9.89 Å². The average molecular weight is 431 g/mol. The Kier molecular flexibility index (Phi) is 8.05. The van der Waals surface area contributed by atoms with Crippen molar-refractivity contribution in [1.82, 2.24) is 15.1 Å². The highest BCUT2D eigenvalue weighted by Crippen LogP contribution is 2.29. The fourth-order valence-electron chi connectivity index (χ4n) is 5.03. The van der Waals surface area contributed by atoms with Crippen molar-refractivity contribution in [3.63, 3.8) is 0 Å². The molecule has 0 spiro atoms. The number of guanidine groups is 1. The third kappa shape index (κ3) is 5.70. The number of morpholine rings is 1. The summed E-state index contributed by atoms with van der Waals surface area (Å²) in [5.41, 5.74) is 1.38. The molecule has 3 fully saturated rings. The molecule has 7 heteroatoms. The van der Waals surface area contributed by atoms with Crippen LogP contribution in [0.3, 0.4) is 0 Å². The standard InChI is InChI=1S/C24H38N4O3/c1-3-25-24(28-10-8-20(17-28)19-4-6-22(29-2)7-5-19)26-16-23(21-9-13-31-18-21)27-11-14-30-15-12-27/h4-7,20-21,23H,3,8-18H2,1-2H3,(H,25,26). The zero-order valence-electron chi connectivity index (χ0n) is 19.1. The lowest BCUT2D eigenvalue weighted by atomic mass is 9.97. The number of nitrogens with one attached hydrogen (secondary N) is 1. The maximum absolute atomic E-state index is 5.72. The highest BCUT2D eigenvalue weighted by atomic mass is 16.5. The van der Waals surface area contributed by atoms with Gasteiger partial charge in [-0.1, -0.05) is 12.1 Å². The number of likely N-dealkylation sites (tertiary alicyclic amines) is 1. The summed E-state index contributed by atoms with van der Waals surface area (Å²) in [5.74, 6) is 3.07. The first kappa shape index (κ1) is 22.4. The minimum absolute atomic E-state index is 0.431. The van der Waals surface area contributed by atoms with E-state index in [1.807, 2.05) is 0 Å². The van der Waals surface area contributed by atoms with Gasteiger partial charge >= 0.3 is 0 Å². The molecule has 3 atom stereocenters. The normalized spacial score (nSPS) is 26.3. The van der Waals surface area contributed by atoms with Crippen LogP contribution in [0.5, 0.6) is 5.75 Å². The highest BCUT2D eigenvalue weighted by Gasteiger charge is 2.32. The van der Waals surface area contributed by atoms with Gasteiger partial charge in [-0.05, 0) is 37.5 Å². The van der Waals surface area contributed by atoms with Crippen LogP contribution in [-0.4, -0.2) is 94.6 Å². The molecule has 7 nitrogen and oxygen atoms in total. The van der Waals surface area contributed by atoms with Crippen molar-refractivity contribution in [2.75, 3.05) is 72.8 Å². The van der Waals surface area contributed by atoms with E-state index in [0.717, 1.165) is 90.2 Å². The molecule has 3 aliphatic rings. The number of benzene rings is 1. The van der Waals surface area contributed by atoms with Crippen LogP contribution in [0.15, 0.2) is 29.3 Å². The lowest BCUT2D eigenvalue weighted by Crippen LogP contribution is -2.49. The van der Waals surface area contributed by atoms with E-state index in [9.17, 15) is 0 Å². The van der Waals surface area contributed by atoms with Crippen molar-refractivity contribution in [2.45, 2.75) is 31.7 Å². The Morgan fingerprint density at radius 2 is 1.94 bits per heavy atom. The minimum atomic E-state index is 0.431. The van der Waals surface area contributed by atoms with Crippen molar-refractivity contribution < 1.29 is 14.2 Å². The summed E-state index contributed by atoms with van der Waals surface area (Å²) in [6, 6.07) is 8.96. The minimum Gasteiger partial charge on any atom is -0.497 e. The summed E-state index contributed by atoms with van der Waals surface area (Å²) in [6.07, 6.45) is 2.29. The number of ether oxygens (including phenoxy) is 3. The maximum Gasteiger partial charge on any atom is 0.193 e. The molecule has 1 aromatic carbocycles. The maximum atomic E-state index is 5.72. The van der Waals surface area contributed by atoms with Crippen LogP contribution >= 0.6 is 0 Å². The van der Waals surface area contributed by atoms with Crippen LogP contribution in [0.4, 0.5) is 0 Å². The Bertz CT molecular complexity index is 699. The van der Waals surface area contributed by atoms with Crippen LogP contribution in [0.25, 0.3) is 0 Å². The molecule has 1 N–H and O–H groups in total. The Balaban J connectivity index is 1.42. The van der Waals surface area contributed by atoms with Crippen LogP contribution in [0, 0.1) is 5.92 Å². The van der Waals surface area contributed by atoms with E-state index in [4.69, 9.17) is 19.2 Å². The molecular weight excluding hydrogens is 392 g/mol. The van der Waals surface area contributed by atoms with Crippen molar-refractivity contribution in [2.24, 2.45) is 10.9 Å². The smallest absolute Gasteiger partial charge is 0.193 e. The van der Waals surface area contributed by atoms with Crippen LogP contribution in [0.1, 0.15) is 31.2 Å². The Morgan fingerprint density at radius 1 is 1.13 bits per heavy atom. The SMILES string of the molecule is CCNC(=NCC(C1CCOC1)N1CCOCC1)N1CCC(c2ccc(OC)cc2)C1. The lowest BCUT2D eigenvalue weighted by molar-refractivity contribution is 0.00364. The van der Waals surface area contributed by atoms with Crippen LogP contribution < -0.4 is 10.1 Å². The van der Waals surface area contributed by atoms with Crippen LogP contribution in [-0.2, 0) is 9.47 Å². The van der Waals surface area contributed by atoms with E-state index in [1.165, 1.54) is 5.56 Å². The molecule has 3 unspecified atom stereocenters. The first-order chi connectivity index (χ1) is 15.3. The third-order valence-electron chi connectivity index (χ3n) is 6.86. The number of hydrogen-bond donors (Lipinski definition) is 1. The van der Waals surface area contributed by atoms with Gasteiger partial charge in [-0.2, -0.15) is 0 Å². The number of methoxy groups -OCH3 is 1. The number of aliphatic imine (C=N–C) groups is 1. The van der Waals surface area contributed by atoms with Crippen molar-refractivity contribution in [3.05, 3.63) is 29.8 Å². The fraction of sp³-hybridized carbons (Fsp3) is 0.708. The highest BCUT2D eigenvalue weighted by molar-refractivity contribution is 5.80. The molecule has 3 saturated heterocycles. The van der Waals surface area contributed by atoms with Crippen molar-refractivity contribution >= 4 is 5.96 Å². The van der Waals surface area contributed by atoms with Gasteiger partial charge < -0.3 is 24.4 Å². The van der Waals surface area contributed by atoms with Gasteiger partial charge in [-0.25, -0.2) is 0 Å². The van der Waals surface area contributed by atoms with Gasteiger partial charge in [0.2, 0.25) is 0 Å². The quantitative estimate of drug-likeness (QED) is 0.529. The molecule has 0 amide bonds. The molecule has 3 heterocycles. The Labute approximate surface area is 186 Å². The van der Waals surface area contributed by atoms with E-state index in [0.29, 0.717) is 17.9 Å². The molecule has 1 aromatic rings. The largest absolute Gasteiger partial charge is 0.497 e. The second-order valence-electron chi connectivity index (χ2n) is 8.74. The predicted molar refractivity (Wildman–Crippen MR) is 123 cm³/mol. The molecule has 4 rings (SSSR count). The summed E-state index contributed by atoms with van der Waals surface area (Å²) >= 11 is 0. The zero-order chi connectivity index (χ0) is 21.5. The summed E-state index contributed by atoms with van der Waals surface area (Å²) in [7, 11) is 1.72. The fourth-order valence-corrected chi connectivity index (χ4v) is 5.03. The monoisotopic (exact) mass is 430 g/mol. The Morgan fingerprint density at radius 3 is 2.61 bits per heavy atom. The molecular formula is C24H38N4O3. The van der Waals surface area contributed by atoms with Gasteiger partial charge in [0.15, 0.2) is 5.96 Å². The van der Waals surface area contributed by atoms with Gasteiger partial charge in [-0.15, -0.1) is 0 Å². The van der Waals surface area contributed by atoms with Crippen molar-refractivity contribution in [3.8, 4) is 5.75 Å². The first-order valence-electron chi connectivity index (χ1n) is 11.8. The molecule has 3 aliphatic heterocycles. The molecule has 172 valence electrons. The number of rotatable bonds is 7. The van der Waals surface area contributed by atoms with E-state index >= 15 is 0 Å². The van der Waals surface area contributed by atoms with E-state index in [-0.39, 0.29) is 0 Å².